The molecule has 0 aliphatic carbocycles. The lowest BCUT2D eigenvalue weighted by atomic mass is 10.0. The van der Waals surface area contributed by atoms with E-state index in [0.717, 1.165) is 12.1 Å². The highest BCUT2D eigenvalue weighted by Gasteiger charge is 2.25. The van der Waals surface area contributed by atoms with E-state index < -0.39 is 0 Å². The van der Waals surface area contributed by atoms with Crippen LogP contribution < -0.4 is 5.32 Å². The molecule has 2 atom stereocenters. The Labute approximate surface area is 114 Å². The molecule has 1 aromatic carbocycles. The lowest BCUT2D eigenvalue weighted by molar-refractivity contribution is 0.363. The van der Waals surface area contributed by atoms with Crippen molar-refractivity contribution in [1.82, 2.24) is 9.78 Å². The Kier molecular flexibility index (Phi) is 3.28. The van der Waals surface area contributed by atoms with Gasteiger partial charge in [-0.2, -0.15) is 5.10 Å². The van der Waals surface area contributed by atoms with Crippen LogP contribution in [-0.4, -0.2) is 15.8 Å². The van der Waals surface area contributed by atoms with E-state index in [0.29, 0.717) is 12.1 Å². The maximum absolute atomic E-state index is 4.80. The van der Waals surface area contributed by atoms with Crippen LogP contribution in [0, 0.1) is 0 Å². The number of hydrogen-bond donors (Lipinski definition) is 1. The second-order valence-corrected chi connectivity index (χ2v) is 5.27. The Balaban J connectivity index is 1.98. The monoisotopic (exact) mass is 255 g/mol. The molecule has 0 saturated carbocycles. The third-order valence-corrected chi connectivity index (χ3v) is 4.02. The lowest BCUT2D eigenvalue weighted by Gasteiger charge is -2.31. The zero-order valence-corrected chi connectivity index (χ0v) is 11.6. The van der Waals surface area contributed by atoms with Gasteiger partial charge in [-0.1, -0.05) is 44.2 Å². The first kappa shape index (κ1) is 12.3. The van der Waals surface area contributed by atoms with Crippen molar-refractivity contribution in [2.45, 2.75) is 45.2 Å². The first-order valence-electron chi connectivity index (χ1n) is 7.23. The quantitative estimate of drug-likeness (QED) is 0.895. The number of rotatable bonds is 3. The summed E-state index contributed by atoms with van der Waals surface area (Å²) in [5.41, 5.74) is 2.26. The molecule has 0 bridgehead atoms. The van der Waals surface area contributed by atoms with Gasteiger partial charge in [0, 0.05) is 17.7 Å². The topological polar surface area (TPSA) is 29.9 Å². The van der Waals surface area contributed by atoms with Gasteiger partial charge in [0.15, 0.2) is 0 Å². The molecule has 2 aromatic rings. The van der Waals surface area contributed by atoms with Crippen molar-refractivity contribution in [3.63, 3.8) is 0 Å². The Morgan fingerprint density at radius 3 is 2.68 bits per heavy atom. The second-order valence-electron chi connectivity index (χ2n) is 5.27. The van der Waals surface area contributed by atoms with Gasteiger partial charge in [-0.3, -0.25) is 0 Å². The Morgan fingerprint density at radius 1 is 1.21 bits per heavy atom. The summed E-state index contributed by atoms with van der Waals surface area (Å²) in [5, 5.41) is 8.40. The SMILES string of the molecule is CCC1CC(CC)n2nc(-c3ccccc3)cc2N1. The smallest absolute Gasteiger partial charge is 0.125 e. The van der Waals surface area contributed by atoms with E-state index in [1.165, 1.54) is 24.2 Å². The third-order valence-electron chi connectivity index (χ3n) is 4.02. The highest BCUT2D eigenvalue weighted by Crippen LogP contribution is 2.33. The van der Waals surface area contributed by atoms with E-state index in [-0.39, 0.29) is 0 Å². The minimum absolute atomic E-state index is 0.527. The van der Waals surface area contributed by atoms with Gasteiger partial charge in [0.2, 0.25) is 0 Å². The summed E-state index contributed by atoms with van der Waals surface area (Å²) in [6.45, 7) is 4.49. The highest BCUT2D eigenvalue weighted by molar-refractivity contribution is 5.63. The maximum Gasteiger partial charge on any atom is 0.125 e. The molecule has 0 saturated heterocycles. The summed E-state index contributed by atoms with van der Waals surface area (Å²) in [4.78, 5) is 0. The molecule has 0 fully saturated rings. The zero-order valence-electron chi connectivity index (χ0n) is 11.6. The molecule has 1 aliphatic rings. The summed E-state index contributed by atoms with van der Waals surface area (Å²) in [6.07, 6.45) is 3.49. The average molecular weight is 255 g/mol. The van der Waals surface area contributed by atoms with Crippen molar-refractivity contribution < 1.29 is 0 Å². The van der Waals surface area contributed by atoms with Crippen LogP contribution in [0.5, 0.6) is 0 Å². The molecule has 1 N–H and O–H groups in total. The number of anilines is 1. The second kappa shape index (κ2) is 5.08. The van der Waals surface area contributed by atoms with E-state index in [1.807, 2.05) is 6.07 Å². The predicted octanol–water partition coefficient (Wildman–Crippen LogP) is 4.10. The lowest BCUT2D eigenvalue weighted by Crippen LogP contribution is -2.31. The maximum atomic E-state index is 4.80. The summed E-state index contributed by atoms with van der Waals surface area (Å²) < 4.78 is 2.18. The molecule has 1 aliphatic heterocycles. The van der Waals surface area contributed by atoms with Gasteiger partial charge in [0.05, 0.1) is 11.7 Å². The number of hydrogen-bond acceptors (Lipinski definition) is 2. The number of benzene rings is 1. The van der Waals surface area contributed by atoms with Gasteiger partial charge >= 0.3 is 0 Å². The van der Waals surface area contributed by atoms with Gasteiger partial charge in [-0.25, -0.2) is 4.68 Å². The van der Waals surface area contributed by atoms with E-state index in [4.69, 9.17) is 5.10 Å². The molecule has 2 heterocycles. The van der Waals surface area contributed by atoms with E-state index in [1.54, 1.807) is 0 Å². The predicted molar refractivity (Wildman–Crippen MR) is 79.3 cm³/mol. The molecular weight excluding hydrogens is 234 g/mol. The van der Waals surface area contributed by atoms with Crippen molar-refractivity contribution in [2.75, 3.05) is 5.32 Å². The summed E-state index contributed by atoms with van der Waals surface area (Å²) in [5.74, 6) is 1.17. The van der Waals surface area contributed by atoms with E-state index in [9.17, 15) is 0 Å². The highest BCUT2D eigenvalue weighted by atomic mass is 15.4. The van der Waals surface area contributed by atoms with Crippen LogP contribution in [0.15, 0.2) is 36.4 Å². The molecule has 1 aromatic heterocycles. The van der Waals surface area contributed by atoms with Crippen molar-refractivity contribution in [1.29, 1.82) is 0 Å². The van der Waals surface area contributed by atoms with E-state index >= 15 is 0 Å². The normalized spacial score (nSPS) is 21.8. The molecule has 2 unspecified atom stereocenters. The summed E-state index contributed by atoms with van der Waals surface area (Å²) in [7, 11) is 0. The largest absolute Gasteiger partial charge is 0.367 e. The standard InChI is InChI=1S/C16H21N3/c1-3-13-10-14(4-2)19-16(17-13)11-15(18-19)12-8-6-5-7-9-12/h5-9,11,13-14,17H,3-4,10H2,1-2H3. The number of nitrogens with one attached hydrogen (secondary N) is 1. The van der Waals surface area contributed by atoms with Crippen LogP contribution in [0.25, 0.3) is 11.3 Å². The first-order chi connectivity index (χ1) is 9.31. The molecule has 3 nitrogen and oxygen atoms in total. The number of fused-ring (bicyclic) bond motifs is 1. The minimum Gasteiger partial charge on any atom is -0.367 e. The molecule has 0 radical (unpaired) electrons. The van der Waals surface area contributed by atoms with Crippen LogP contribution in [0.1, 0.15) is 39.2 Å². The Bertz CT molecular complexity index is 544. The third kappa shape index (κ3) is 2.25. The zero-order chi connectivity index (χ0) is 13.2. The van der Waals surface area contributed by atoms with Gasteiger partial charge in [0.25, 0.3) is 0 Å². The van der Waals surface area contributed by atoms with E-state index in [2.05, 4.69) is 54.2 Å². The van der Waals surface area contributed by atoms with Crippen molar-refractivity contribution in [3.8, 4) is 11.3 Å². The molecule has 100 valence electrons. The van der Waals surface area contributed by atoms with Gasteiger partial charge < -0.3 is 5.32 Å². The summed E-state index contributed by atoms with van der Waals surface area (Å²) in [6, 6.07) is 13.7. The molecule has 3 heteroatoms. The Hall–Kier alpha value is -1.77. The van der Waals surface area contributed by atoms with Gasteiger partial charge in [0.1, 0.15) is 5.82 Å². The molecule has 0 amide bonds. The first-order valence-corrected chi connectivity index (χ1v) is 7.23. The van der Waals surface area contributed by atoms with Gasteiger partial charge in [-0.15, -0.1) is 0 Å². The molecule has 0 spiro atoms. The van der Waals surface area contributed by atoms with Crippen LogP contribution in [-0.2, 0) is 0 Å². The van der Waals surface area contributed by atoms with Crippen LogP contribution in [0.4, 0.5) is 5.82 Å². The molecule has 3 rings (SSSR count). The van der Waals surface area contributed by atoms with Crippen LogP contribution in [0.2, 0.25) is 0 Å². The fraction of sp³-hybridized carbons (Fsp3) is 0.438. The number of aromatic nitrogens is 2. The molecule has 19 heavy (non-hydrogen) atoms. The van der Waals surface area contributed by atoms with Crippen LogP contribution in [0.3, 0.4) is 0 Å². The van der Waals surface area contributed by atoms with Crippen molar-refractivity contribution >= 4 is 5.82 Å². The van der Waals surface area contributed by atoms with Gasteiger partial charge in [-0.05, 0) is 19.3 Å². The fourth-order valence-electron chi connectivity index (χ4n) is 2.84. The van der Waals surface area contributed by atoms with Crippen LogP contribution >= 0.6 is 0 Å². The Morgan fingerprint density at radius 2 is 2.00 bits per heavy atom. The summed E-state index contributed by atoms with van der Waals surface area (Å²) >= 11 is 0. The van der Waals surface area contributed by atoms with Crippen molar-refractivity contribution in [3.05, 3.63) is 36.4 Å². The molecular formula is C16H21N3. The minimum atomic E-state index is 0.527. The van der Waals surface area contributed by atoms with Crippen molar-refractivity contribution in [2.24, 2.45) is 0 Å². The fourth-order valence-corrected chi connectivity index (χ4v) is 2.84. The average Bonchev–Trinajstić information content (AvgIpc) is 2.91. The number of nitrogens with zero attached hydrogens (tertiary/aromatic N) is 2.